The maximum atomic E-state index is 11.5. The Labute approximate surface area is 128 Å². The minimum Gasteiger partial charge on any atom is -0.367 e. The van der Waals surface area contributed by atoms with Gasteiger partial charge in [-0.3, -0.25) is 9.78 Å². The minimum absolute atomic E-state index is 0.103. The van der Waals surface area contributed by atoms with Crippen LogP contribution in [0, 0.1) is 11.3 Å². The van der Waals surface area contributed by atoms with Crippen molar-refractivity contribution >= 4 is 22.5 Å². The Balaban J connectivity index is 2.07. The van der Waals surface area contributed by atoms with Gasteiger partial charge in [-0.1, -0.05) is 0 Å². The first kappa shape index (κ1) is 14.3. The number of morpholine rings is 1. The van der Waals surface area contributed by atoms with Crippen molar-refractivity contribution in [3.63, 3.8) is 0 Å². The van der Waals surface area contributed by atoms with Gasteiger partial charge in [-0.2, -0.15) is 5.26 Å². The van der Waals surface area contributed by atoms with Gasteiger partial charge >= 0.3 is 0 Å². The molecule has 1 aromatic carbocycles. The number of nitrogens with two attached hydrogens (primary N) is 1. The highest BCUT2D eigenvalue weighted by atomic mass is 16.5. The van der Waals surface area contributed by atoms with E-state index in [1.54, 1.807) is 12.3 Å². The number of nitrogens with zero attached hydrogens (tertiary/aromatic N) is 3. The lowest BCUT2D eigenvalue weighted by molar-refractivity contribution is -0.133. The second-order valence-corrected chi connectivity index (χ2v) is 5.39. The molecule has 1 aliphatic rings. The van der Waals surface area contributed by atoms with Crippen molar-refractivity contribution in [3.8, 4) is 6.07 Å². The summed E-state index contributed by atoms with van der Waals surface area (Å²) in [6.45, 7) is 2.96. The van der Waals surface area contributed by atoms with E-state index in [2.05, 4.69) is 16.0 Å². The fourth-order valence-corrected chi connectivity index (χ4v) is 2.83. The fourth-order valence-electron chi connectivity index (χ4n) is 2.83. The second-order valence-electron chi connectivity index (χ2n) is 5.39. The van der Waals surface area contributed by atoms with Crippen molar-refractivity contribution in [1.29, 1.82) is 5.26 Å². The van der Waals surface area contributed by atoms with E-state index in [9.17, 15) is 10.1 Å². The zero-order valence-corrected chi connectivity index (χ0v) is 12.2. The molecule has 1 fully saturated rings. The third-order valence-electron chi connectivity index (χ3n) is 3.79. The SMILES string of the molecule is C[C@@H]1CN(c2ccc(C#N)c3ncccc23)CC(C(N)=O)O1. The number of anilines is 1. The second kappa shape index (κ2) is 5.62. The van der Waals surface area contributed by atoms with Gasteiger partial charge in [0.05, 0.1) is 23.7 Å². The van der Waals surface area contributed by atoms with Gasteiger partial charge in [0.25, 0.3) is 0 Å². The van der Waals surface area contributed by atoms with Crippen LogP contribution < -0.4 is 10.6 Å². The Kier molecular flexibility index (Phi) is 3.65. The predicted octanol–water partition coefficient (Wildman–Crippen LogP) is 1.19. The number of rotatable bonds is 2. The molecule has 2 N–H and O–H groups in total. The van der Waals surface area contributed by atoms with Crippen molar-refractivity contribution in [2.75, 3.05) is 18.0 Å². The molecule has 1 aromatic heterocycles. The molecule has 1 amide bonds. The molecule has 6 nitrogen and oxygen atoms in total. The Morgan fingerprint density at radius 2 is 2.27 bits per heavy atom. The summed E-state index contributed by atoms with van der Waals surface area (Å²) in [5.74, 6) is -0.465. The largest absolute Gasteiger partial charge is 0.367 e. The van der Waals surface area contributed by atoms with Crippen molar-refractivity contribution in [3.05, 3.63) is 36.0 Å². The minimum atomic E-state index is -0.633. The van der Waals surface area contributed by atoms with Crippen molar-refractivity contribution < 1.29 is 9.53 Å². The lowest BCUT2D eigenvalue weighted by Crippen LogP contribution is -2.51. The van der Waals surface area contributed by atoms with Gasteiger partial charge in [0.2, 0.25) is 5.91 Å². The summed E-state index contributed by atoms with van der Waals surface area (Å²) in [7, 11) is 0. The molecular formula is C16H16N4O2. The molecule has 2 atom stereocenters. The Morgan fingerprint density at radius 1 is 1.45 bits per heavy atom. The molecule has 1 aliphatic heterocycles. The number of primary amides is 1. The van der Waals surface area contributed by atoms with Crippen LogP contribution in [-0.2, 0) is 9.53 Å². The topological polar surface area (TPSA) is 92.2 Å². The molecule has 0 radical (unpaired) electrons. The van der Waals surface area contributed by atoms with E-state index in [-0.39, 0.29) is 6.10 Å². The van der Waals surface area contributed by atoms with Gasteiger partial charge in [0, 0.05) is 23.8 Å². The number of benzene rings is 1. The van der Waals surface area contributed by atoms with Gasteiger partial charge in [-0.25, -0.2) is 0 Å². The number of hydrogen-bond donors (Lipinski definition) is 1. The molecule has 6 heteroatoms. The number of nitriles is 1. The highest BCUT2D eigenvalue weighted by Crippen LogP contribution is 2.30. The van der Waals surface area contributed by atoms with E-state index in [0.717, 1.165) is 11.1 Å². The Bertz CT molecular complexity index is 768. The number of aromatic nitrogens is 1. The first-order valence-electron chi connectivity index (χ1n) is 7.07. The lowest BCUT2D eigenvalue weighted by Gasteiger charge is -2.37. The van der Waals surface area contributed by atoms with E-state index >= 15 is 0 Å². The smallest absolute Gasteiger partial charge is 0.248 e. The van der Waals surface area contributed by atoms with Gasteiger partial charge in [0.15, 0.2) is 6.10 Å². The number of fused-ring (bicyclic) bond motifs is 1. The van der Waals surface area contributed by atoms with Crippen molar-refractivity contribution in [2.24, 2.45) is 5.73 Å². The van der Waals surface area contributed by atoms with E-state index in [0.29, 0.717) is 24.2 Å². The number of amides is 1. The first-order chi connectivity index (χ1) is 10.6. The third-order valence-corrected chi connectivity index (χ3v) is 3.79. The van der Waals surface area contributed by atoms with Crippen LogP contribution >= 0.6 is 0 Å². The van der Waals surface area contributed by atoms with Gasteiger partial charge in [-0.05, 0) is 31.2 Å². The number of ether oxygens (including phenoxy) is 1. The fraction of sp³-hybridized carbons (Fsp3) is 0.312. The number of carbonyl (C=O) groups excluding carboxylic acids is 1. The van der Waals surface area contributed by atoms with Crippen LogP contribution in [0.25, 0.3) is 10.9 Å². The van der Waals surface area contributed by atoms with Gasteiger partial charge < -0.3 is 15.4 Å². The molecule has 0 bridgehead atoms. The summed E-state index contributed by atoms with van der Waals surface area (Å²) in [5, 5.41) is 10.1. The van der Waals surface area contributed by atoms with E-state index in [1.165, 1.54) is 0 Å². The molecule has 0 saturated carbocycles. The molecular weight excluding hydrogens is 280 g/mol. The molecule has 22 heavy (non-hydrogen) atoms. The van der Waals surface area contributed by atoms with E-state index < -0.39 is 12.0 Å². The number of carbonyl (C=O) groups is 1. The van der Waals surface area contributed by atoms with Gasteiger partial charge in [0.1, 0.15) is 6.07 Å². The molecule has 112 valence electrons. The average Bonchev–Trinajstić information content (AvgIpc) is 2.53. The summed E-state index contributed by atoms with van der Waals surface area (Å²) >= 11 is 0. The zero-order chi connectivity index (χ0) is 15.7. The van der Waals surface area contributed by atoms with Crippen LogP contribution in [0.5, 0.6) is 0 Å². The highest BCUT2D eigenvalue weighted by molar-refractivity contribution is 5.95. The number of pyridine rings is 1. The summed E-state index contributed by atoms with van der Waals surface area (Å²) in [6, 6.07) is 9.56. The quantitative estimate of drug-likeness (QED) is 0.898. The third kappa shape index (κ3) is 2.47. The van der Waals surface area contributed by atoms with Crippen LogP contribution in [-0.4, -0.2) is 36.2 Å². The molecule has 0 spiro atoms. The Morgan fingerprint density at radius 3 is 3.00 bits per heavy atom. The summed E-state index contributed by atoms with van der Waals surface area (Å²) in [5.41, 5.74) is 7.51. The van der Waals surface area contributed by atoms with Gasteiger partial charge in [-0.15, -0.1) is 0 Å². The monoisotopic (exact) mass is 296 g/mol. The molecule has 0 aliphatic carbocycles. The summed E-state index contributed by atoms with van der Waals surface area (Å²) in [4.78, 5) is 17.8. The molecule has 1 unspecified atom stereocenters. The molecule has 3 rings (SSSR count). The van der Waals surface area contributed by atoms with Crippen LogP contribution in [0.3, 0.4) is 0 Å². The average molecular weight is 296 g/mol. The molecule has 1 saturated heterocycles. The highest BCUT2D eigenvalue weighted by Gasteiger charge is 2.30. The lowest BCUT2D eigenvalue weighted by atomic mass is 10.1. The van der Waals surface area contributed by atoms with E-state index in [4.69, 9.17) is 10.5 Å². The predicted molar refractivity (Wildman–Crippen MR) is 82.2 cm³/mol. The first-order valence-corrected chi connectivity index (χ1v) is 7.07. The molecule has 2 heterocycles. The summed E-state index contributed by atoms with van der Waals surface area (Å²) in [6.07, 6.45) is 0.931. The zero-order valence-electron chi connectivity index (χ0n) is 12.2. The van der Waals surface area contributed by atoms with E-state index in [1.807, 2.05) is 25.1 Å². The maximum absolute atomic E-state index is 11.5. The maximum Gasteiger partial charge on any atom is 0.248 e. The van der Waals surface area contributed by atoms with Crippen LogP contribution in [0.1, 0.15) is 12.5 Å². The normalized spacial score (nSPS) is 21.5. The van der Waals surface area contributed by atoms with Crippen LogP contribution in [0.2, 0.25) is 0 Å². The van der Waals surface area contributed by atoms with Crippen molar-refractivity contribution in [1.82, 2.24) is 4.98 Å². The standard InChI is InChI=1S/C16H16N4O2/c1-10-8-20(9-14(22-10)16(18)21)13-5-4-11(7-17)15-12(13)3-2-6-19-15/h2-6,10,14H,8-9H2,1H3,(H2,18,21)/t10-,14?/m1/s1. The summed E-state index contributed by atoms with van der Waals surface area (Å²) < 4.78 is 5.57. The van der Waals surface area contributed by atoms with Crippen molar-refractivity contribution in [2.45, 2.75) is 19.1 Å². The van der Waals surface area contributed by atoms with Crippen LogP contribution in [0.15, 0.2) is 30.5 Å². The molecule has 2 aromatic rings. The number of hydrogen-bond acceptors (Lipinski definition) is 5. The van der Waals surface area contributed by atoms with Crippen LogP contribution in [0.4, 0.5) is 5.69 Å². The Hall–Kier alpha value is -2.65.